The SMILES string of the molecule is CCNCc1cc(Br)c(C)c(S(=O)(=O)N2CCCC2C)c1. The van der Waals surface area contributed by atoms with Gasteiger partial charge in [0.2, 0.25) is 10.0 Å². The van der Waals surface area contributed by atoms with Crippen molar-refractivity contribution in [2.45, 2.75) is 51.1 Å². The molecule has 0 bridgehead atoms. The maximum absolute atomic E-state index is 12.9. The van der Waals surface area contributed by atoms with Crippen LogP contribution in [0.5, 0.6) is 0 Å². The number of nitrogens with one attached hydrogen (secondary N) is 1. The third-order valence-electron chi connectivity index (χ3n) is 4.01. The number of hydrogen-bond donors (Lipinski definition) is 1. The average molecular weight is 375 g/mol. The van der Waals surface area contributed by atoms with Crippen LogP contribution in [0.2, 0.25) is 0 Å². The highest BCUT2D eigenvalue weighted by Crippen LogP contribution is 2.31. The first kappa shape index (κ1) is 16.9. The monoisotopic (exact) mass is 374 g/mol. The van der Waals surface area contributed by atoms with Crippen LogP contribution in [0.15, 0.2) is 21.5 Å². The molecule has 1 atom stereocenters. The first-order chi connectivity index (χ1) is 9.87. The minimum absolute atomic E-state index is 0.0885. The van der Waals surface area contributed by atoms with E-state index in [-0.39, 0.29) is 6.04 Å². The number of sulfonamides is 1. The molecule has 1 fully saturated rings. The van der Waals surface area contributed by atoms with E-state index in [9.17, 15) is 8.42 Å². The molecule has 0 spiro atoms. The van der Waals surface area contributed by atoms with Gasteiger partial charge in [-0.3, -0.25) is 0 Å². The molecule has 0 radical (unpaired) electrons. The lowest BCUT2D eigenvalue weighted by atomic mass is 10.1. The van der Waals surface area contributed by atoms with Gasteiger partial charge in [0.15, 0.2) is 0 Å². The van der Waals surface area contributed by atoms with Crippen molar-refractivity contribution in [3.63, 3.8) is 0 Å². The minimum Gasteiger partial charge on any atom is -0.313 e. The third-order valence-corrected chi connectivity index (χ3v) is 6.98. The van der Waals surface area contributed by atoms with Crippen molar-refractivity contribution in [3.05, 3.63) is 27.7 Å². The summed E-state index contributed by atoms with van der Waals surface area (Å²) in [6.07, 6.45) is 1.88. The van der Waals surface area contributed by atoms with Crippen molar-refractivity contribution in [2.75, 3.05) is 13.1 Å². The van der Waals surface area contributed by atoms with Crippen LogP contribution in [-0.4, -0.2) is 31.9 Å². The van der Waals surface area contributed by atoms with Gasteiger partial charge in [-0.05, 0) is 56.5 Å². The second kappa shape index (κ2) is 6.77. The van der Waals surface area contributed by atoms with E-state index in [1.807, 2.05) is 32.9 Å². The molecule has 0 saturated carbocycles. The molecular weight excluding hydrogens is 352 g/mol. The Balaban J connectivity index is 2.44. The van der Waals surface area contributed by atoms with Crippen molar-refractivity contribution < 1.29 is 8.42 Å². The zero-order valence-corrected chi connectivity index (χ0v) is 15.2. The summed E-state index contributed by atoms with van der Waals surface area (Å²) >= 11 is 3.49. The van der Waals surface area contributed by atoms with E-state index in [1.165, 1.54) is 0 Å². The van der Waals surface area contributed by atoms with Crippen LogP contribution in [-0.2, 0) is 16.6 Å². The molecule has 1 unspecified atom stereocenters. The number of rotatable bonds is 5. The van der Waals surface area contributed by atoms with Crippen LogP contribution in [0, 0.1) is 6.92 Å². The second-order valence-electron chi connectivity index (χ2n) is 5.59. The van der Waals surface area contributed by atoms with Gasteiger partial charge in [0, 0.05) is 23.6 Å². The van der Waals surface area contributed by atoms with Crippen LogP contribution in [0.3, 0.4) is 0 Å². The topological polar surface area (TPSA) is 49.4 Å². The maximum atomic E-state index is 12.9. The van der Waals surface area contributed by atoms with E-state index in [2.05, 4.69) is 21.2 Å². The van der Waals surface area contributed by atoms with E-state index >= 15 is 0 Å². The molecule has 1 N–H and O–H groups in total. The summed E-state index contributed by atoms with van der Waals surface area (Å²) < 4.78 is 28.3. The minimum atomic E-state index is -3.41. The Morgan fingerprint density at radius 2 is 2.14 bits per heavy atom. The van der Waals surface area contributed by atoms with Gasteiger partial charge in [-0.15, -0.1) is 0 Å². The summed E-state index contributed by atoms with van der Waals surface area (Å²) in [7, 11) is -3.41. The molecule has 21 heavy (non-hydrogen) atoms. The lowest BCUT2D eigenvalue weighted by Gasteiger charge is -2.23. The maximum Gasteiger partial charge on any atom is 0.243 e. The van der Waals surface area contributed by atoms with E-state index in [0.29, 0.717) is 18.0 Å². The fourth-order valence-corrected chi connectivity index (χ4v) is 5.37. The Morgan fingerprint density at radius 1 is 1.43 bits per heavy atom. The molecule has 1 aromatic carbocycles. The largest absolute Gasteiger partial charge is 0.313 e. The van der Waals surface area contributed by atoms with Gasteiger partial charge < -0.3 is 5.32 Å². The van der Waals surface area contributed by atoms with Gasteiger partial charge in [-0.2, -0.15) is 4.31 Å². The molecule has 1 heterocycles. The van der Waals surface area contributed by atoms with Crippen LogP contribution in [0.25, 0.3) is 0 Å². The van der Waals surface area contributed by atoms with E-state index in [0.717, 1.165) is 35.0 Å². The van der Waals surface area contributed by atoms with Gasteiger partial charge in [0.1, 0.15) is 0 Å². The smallest absolute Gasteiger partial charge is 0.243 e. The molecule has 6 heteroatoms. The Hall–Kier alpha value is -0.430. The summed E-state index contributed by atoms with van der Waals surface area (Å²) in [5.41, 5.74) is 1.77. The zero-order chi connectivity index (χ0) is 15.6. The molecule has 0 aromatic heterocycles. The fourth-order valence-electron chi connectivity index (χ4n) is 2.74. The lowest BCUT2D eigenvalue weighted by Crippen LogP contribution is -2.34. The summed E-state index contributed by atoms with van der Waals surface area (Å²) in [5.74, 6) is 0. The summed E-state index contributed by atoms with van der Waals surface area (Å²) in [6.45, 7) is 8.03. The molecule has 1 aliphatic rings. The average Bonchev–Trinajstić information content (AvgIpc) is 2.86. The van der Waals surface area contributed by atoms with Crippen molar-refractivity contribution in [2.24, 2.45) is 0 Å². The molecule has 1 aromatic rings. The Morgan fingerprint density at radius 3 is 2.71 bits per heavy atom. The highest BCUT2D eigenvalue weighted by Gasteiger charge is 2.34. The number of hydrogen-bond acceptors (Lipinski definition) is 3. The second-order valence-corrected chi connectivity index (χ2v) is 8.30. The van der Waals surface area contributed by atoms with Crippen molar-refractivity contribution in [1.82, 2.24) is 9.62 Å². The van der Waals surface area contributed by atoms with Crippen LogP contribution in [0.4, 0.5) is 0 Å². The van der Waals surface area contributed by atoms with Crippen molar-refractivity contribution in [1.29, 1.82) is 0 Å². The van der Waals surface area contributed by atoms with Gasteiger partial charge in [-0.1, -0.05) is 22.9 Å². The lowest BCUT2D eigenvalue weighted by molar-refractivity contribution is 0.408. The van der Waals surface area contributed by atoms with E-state index in [4.69, 9.17) is 0 Å². The van der Waals surface area contributed by atoms with Gasteiger partial charge in [-0.25, -0.2) is 8.42 Å². The Labute approximate surface area is 136 Å². The zero-order valence-electron chi connectivity index (χ0n) is 12.8. The molecule has 118 valence electrons. The van der Waals surface area contributed by atoms with Crippen LogP contribution >= 0.6 is 15.9 Å². The highest BCUT2D eigenvalue weighted by molar-refractivity contribution is 9.10. The summed E-state index contributed by atoms with van der Waals surface area (Å²) in [4.78, 5) is 0.429. The van der Waals surface area contributed by atoms with E-state index in [1.54, 1.807) is 4.31 Å². The normalized spacial score (nSPS) is 20.1. The van der Waals surface area contributed by atoms with Crippen molar-refractivity contribution >= 4 is 26.0 Å². The van der Waals surface area contributed by atoms with Gasteiger partial charge in [0.25, 0.3) is 0 Å². The van der Waals surface area contributed by atoms with Crippen LogP contribution in [0.1, 0.15) is 37.8 Å². The molecule has 4 nitrogen and oxygen atoms in total. The molecule has 0 amide bonds. The number of benzene rings is 1. The number of nitrogens with zero attached hydrogens (tertiary/aromatic N) is 1. The predicted octanol–water partition coefficient (Wildman–Crippen LogP) is 3.04. The standard InChI is InChI=1S/C15H23BrN2O2S/c1-4-17-10-13-8-14(16)12(3)15(9-13)21(19,20)18-7-5-6-11(18)2/h8-9,11,17H,4-7,10H2,1-3H3. The fraction of sp³-hybridized carbons (Fsp3) is 0.600. The van der Waals surface area contributed by atoms with Gasteiger partial charge >= 0.3 is 0 Å². The highest BCUT2D eigenvalue weighted by atomic mass is 79.9. The molecule has 0 aliphatic carbocycles. The molecule has 1 saturated heterocycles. The Bertz CT molecular complexity index is 616. The number of halogens is 1. The predicted molar refractivity (Wildman–Crippen MR) is 88.8 cm³/mol. The van der Waals surface area contributed by atoms with Crippen LogP contribution < -0.4 is 5.32 Å². The van der Waals surface area contributed by atoms with Gasteiger partial charge in [0.05, 0.1) is 4.90 Å². The molecule has 2 rings (SSSR count). The van der Waals surface area contributed by atoms with Crippen molar-refractivity contribution in [3.8, 4) is 0 Å². The first-order valence-corrected chi connectivity index (χ1v) is 9.62. The third kappa shape index (κ3) is 3.50. The quantitative estimate of drug-likeness (QED) is 0.861. The molecule has 1 aliphatic heterocycles. The first-order valence-electron chi connectivity index (χ1n) is 7.39. The van der Waals surface area contributed by atoms with E-state index < -0.39 is 10.0 Å². The molecular formula is C15H23BrN2O2S. The summed E-state index contributed by atoms with van der Waals surface area (Å²) in [5, 5.41) is 3.24. The Kier molecular flexibility index (Phi) is 5.46. The summed E-state index contributed by atoms with van der Waals surface area (Å²) in [6, 6.07) is 3.89.